The third-order valence-corrected chi connectivity index (χ3v) is 2.48. The van der Waals surface area contributed by atoms with E-state index in [1.165, 1.54) is 19.3 Å². The summed E-state index contributed by atoms with van der Waals surface area (Å²) in [6, 6.07) is 0. The van der Waals surface area contributed by atoms with E-state index in [0.717, 1.165) is 12.8 Å². The van der Waals surface area contributed by atoms with E-state index in [1.54, 1.807) is 0 Å². The summed E-state index contributed by atoms with van der Waals surface area (Å²) in [5.74, 6) is 0.673. The van der Waals surface area contributed by atoms with Crippen molar-refractivity contribution < 1.29 is 0 Å². The molecule has 0 aliphatic carbocycles. The zero-order valence-corrected chi connectivity index (χ0v) is 9.01. The second-order valence-electron chi connectivity index (χ2n) is 3.31. The standard InChI is InChI=1S/C9H18Cl2/c1-3-4-5-6-9(2,11)7-8-10/h3-8H2,1-2H3. The molecule has 0 aromatic heterocycles. The Hall–Kier alpha value is 0.580. The fourth-order valence-corrected chi connectivity index (χ4v) is 1.81. The molecule has 0 spiro atoms. The van der Waals surface area contributed by atoms with Gasteiger partial charge in [-0.1, -0.05) is 26.2 Å². The second kappa shape index (κ2) is 6.14. The second-order valence-corrected chi connectivity index (χ2v) is 4.60. The third kappa shape index (κ3) is 6.96. The summed E-state index contributed by atoms with van der Waals surface area (Å²) in [4.78, 5) is -0.0586. The molecule has 0 aliphatic rings. The molecule has 0 N–H and O–H groups in total. The van der Waals surface area contributed by atoms with E-state index in [2.05, 4.69) is 13.8 Å². The van der Waals surface area contributed by atoms with Crippen molar-refractivity contribution in [3.63, 3.8) is 0 Å². The van der Waals surface area contributed by atoms with Crippen molar-refractivity contribution in [3.05, 3.63) is 0 Å². The van der Waals surface area contributed by atoms with Crippen molar-refractivity contribution >= 4 is 23.2 Å². The smallest absolute Gasteiger partial charge is 0.0430 e. The number of unbranched alkanes of at least 4 members (excludes halogenated alkanes) is 2. The Labute approximate surface area is 80.3 Å². The first-order valence-electron chi connectivity index (χ1n) is 4.37. The maximum atomic E-state index is 6.19. The molecule has 0 saturated carbocycles. The number of halogens is 2. The van der Waals surface area contributed by atoms with Gasteiger partial charge in [-0.25, -0.2) is 0 Å². The SMILES string of the molecule is CCCCCC(C)(Cl)CCCl. The van der Waals surface area contributed by atoms with Crippen LogP contribution in [0.25, 0.3) is 0 Å². The van der Waals surface area contributed by atoms with Crippen LogP contribution < -0.4 is 0 Å². The monoisotopic (exact) mass is 196 g/mol. The highest BCUT2D eigenvalue weighted by Gasteiger charge is 2.18. The molecular formula is C9H18Cl2. The Morgan fingerprint density at radius 2 is 1.82 bits per heavy atom. The number of hydrogen-bond donors (Lipinski definition) is 0. The maximum absolute atomic E-state index is 6.19. The summed E-state index contributed by atoms with van der Waals surface area (Å²) in [6.07, 6.45) is 5.78. The molecule has 0 fully saturated rings. The van der Waals surface area contributed by atoms with Crippen molar-refractivity contribution in [2.24, 2.45) is 0 Å². The molecular weight excluding hydrogens is 179 g/mol. The molecule has 0 heterocycles. The molecule has 2 heteroatoms. The van der Waals surface area contributed by atoms with E-state index in [0.29, 0.717) is 5.88 Å². The van der Waals surface area contributed by atoms with Crippen LogP contribution in [0.3, 0.4) is 0 Å². The Morgan fingerprint density at radius 3 is 2.27 bits per heavy atom. The highest BCUT2D eigenvalue weighted by atomic mass is 35.5. The molecule has 0 aromatic carbocycles. The van der Waals surface area contributed by atoms with Crippen molar-refractivity contribution in [2.75, 3.05) is 5.88 Å². The van der Waals surface area contributed by atoms with Crippen LogP contribution in [-0.4, -0.2) is 10.8 Å². The summed E-state index contributed by atoms with van der Waals surface area (Å²) in [5.41, 5.74) is 0. The number of hydrogen-bond acceptors (Lipinski definition) is 0. The maximum Gasteiger partial charge on any atom is 0.0430 e. The van der Waals surface area contributed by atoms with E-state index in [1.807, 2.05) is 0 Å². The van der Waals surface area contributed by atoms with Crippen molar-refractivity contribution in [1.82, 2.24) is 0 Å². The van der Waals surface area contributed by atoms with Crippen LogP contribution in [0.2, 0.25) is 0 Å². The number of alkyl halides is 2. The van der Waals surface area contributed by atoms with Gasteiger partial charge in [0.1, 0.15) is 0 Å². The van der Waals surface area contributed by atoms with Crippen molar-refractivity contribution in [1.29, 1.82) is 0 Å². The molecule has 0 nitrogen and oxygen atoms in total. The lowest BCUT2D eigenvalue weighted by Crippen LogP contribution is -2.16. The van der Waals surface area contributed by atoms with Gasteiger partial charge in [-0.2, -0.15) is 0 Å². The molecule has 1 atom stereocenters. The van der Waals surface area contributed by atoms with Gasteiger partial charge in [0, 0.05) is 10.8 Å². The molecule has 0 aliphatic heterocycles. The van der Waals surface area contributed by atoms with E-state index in [4.69, 9.17) is 23.2 Å². The average molecular weight is 197 g/mol. The first-order chi connectivity index (χ1) is 5.12. The first-order valence-corrected chi connectivity index (χ1v) is 5.28. The molecule has 0 saturated heterocycles. The van der Waals surface area contributed by atoms with Gasteiger partial charge in [0.05, 0.1) is 0 Å². The molecule has 1 unspecified atom stereocenters. The average Bonchev–Trinajstić information content (AvgIpc) is 1.87. The largest absolute Gasteiger partial charge is 0.127 e. The summed E-state index contributed by atoms with van der Waals surface area (Å²) in [6.45, 7) is 4.28. The first kappa shape index (κ1) is 11.6. The topological polar surface area (TPSA) is 0 Å². The Balaban J connectivity index is 3.38. The van der Waals surface area contributed by atoms with Crippen LogP contribution in [-0.2, 0) is 0 Å². The van der Waals surface area contributed by atoms with Gasteiger partial charge >= 0.3 is 0 Å². The van der Waals surface area contributed by atoms with Gasteiger partial charge in [-0.05, 0) is 19.8 Å². The van der Waals surface area contributed by atoms with Crippen LogP contribution in [0.15, 0.2) is 0 Å². The van der Waals surface area contributed by atoms with E-state index >= 15 is 0 Å². The highest BCUT2D eigenvalue weighted by Crippen LogP contribution is 2.26. The van der Waals surface area contributed by atoms with Crippen molar-refractivity contribution in [2.45, 2.75) is 50.8 Å². The van der Waals surface area contributed by atoms with Crippen LogP contribution in [0.4, 0.5) is 0 Å². The van der Waals surface area contributed by atoms with Gasteiger partial charge in [0.25, 0.3) is 0 Å². The predicted molar refractivity (Wildman–Crippen MR) is 53.7 cm³/mol. The molecule has 0 amide bonds. The van der Waals surface area contributed by atoms with Gasteiger partial charge in [-0.15, -0.1) is 23.2 Å². The van der Waals surface area contributed by atoms with Gasteiger partial charge < -0.3 is 0 Å². The zero-order chi connectivity index (χ0) is 8.74. The third-order valence-electron chi connectivity index (χ3n) is 1.92. The van der Waals surface area contributed by atoms with E-state index < -0.39 is 0 Å². The normalized spacial score (nSPS) is 16.4. The minimum atomic E-state index is -0.0586. The van der Waals surface area contributed by atoms with Crippen LogP contribution in [0, 0.1) is 0 Å². The lowest BCUT2D eigenvalue weighted by molar-refractivity contribution is 0.518. The lowest BCUT2D eigenvalue weighted by atomic mass is 10.00. The predicted octanol–water partition coefficient (Wildman–Crippen LogP) is 4.19. The molecule has 0 radical (unpaired) electrons. The highest BCUT2D eigenvalue weighted by molar-refractivity contribution is 6.24. The van der Waals surface area contributed by atoms with Gasteiger partial charge in [0.15, 0.2) is 0 Å². The van der Waals surface area contributed by atoms with Crippen molar-refractivity contribution in [3.8, 4) is 0 Å². The van der Waals surface area contributed by atoms with Crippen LogP contribution in [0.5, 0.6) is 0 Å². The molecule has 11 heavy (non-hydrogen) atoms. The molecule has 0 bridgehead atoms. The minimum absolute atomic E-state index is 0.0586. The fourth-order valence-electron chi connectivity index (χ4n) is 1.07. The summed E-state index contributed by atoms with van der Waals surface area (Å²) in [7, 11) is 0. The van der Waals surface area contributed by atoms with Crippen LogP contribution >= 0.6 is 23.2 Å². The fraction of sp³-hybridized carbons (Fsp3) is 1.00. The summed E-state index contributed by atoms with van der Waals surface area (Å²) >= 11 is 11.8. The summed E-state index contributed by atoms with van der Waals surface area (Å²) < 4.78 is 0. The Bertz CT molecular complexity index is 89.6. The Morgan fingerprint density at radius 1 is 1.18 bits per heavy atom. The summed E-state index contributed by atoms with van der Waals surface area (Å²) in [5, 5.41) is 0. The van der Waals surface area contributed by atoms with E-state index in [9.17, 15) is 0 Å². The Kier molecular flexibility index (Phi) is 6.46. The minimum Gasteiger partial charge on any atom is -0.127 e. The van der Waals surface area contributed by atoms with Gasteiger partial charge in [-0.3, -0.25) is 0 Å². The number of rotatable bonds is 6. The quantitative estimate of drug-likeness (QED) is 0.442. The van der Waals surface area contributed by atoms with E-state index in [-0.39, 0.29) is 4.87 Å². The zero-order valence-electron chi connectivity index (χ0n) is 7.50. The molecule has 0 rings (SSSR count). The van der Waals surface area contributed by atoms with Crippen LogP contribution in [0.1, 0.15) is 46.0 Å². The molecule has 68 valence electrons. The van der Waals surface area contributed by atoms with Gasteiger partial charge in [0.2, 0.25) is 0 Å². The molecule has 0 aromatic rings. The lowest BCUT2D eigenvalue weighted by Gasteiger charge is -2.20.